The fraction of sp³-hybridized carbons (Fsp3) is 0.531. The molecule has 0 aliphatic carbocycles. The molecular formula is C49H69N9O9S. The molecule has 0 bridgehead atoms. The van der Waals surface area contributed by atoms with Gasteiger partial charge in [-0.1, -0.05) is 25.1 Å². The third kappa shape index (κ3) is 20.6. The third-order valence-electron chi connectivity index (χ3n) is 11.0. The van der Waals surface area contributed by atoms with Crippen molar-refractivity contribution in [3.05, 3.63) is 72.9 Å². The van der Waals surface area contributed by atoms with Crippen LogP contribution >= 0.6 is 11.8 Å². The highest BCUT2D eigenvalue weighted by Crippen LogP contribution is 2.39. The van der Waals surface area contributed by atoms with Crippen molar-refractivity contribution in [2.24, 2.45) is 5.92 Å². The number of hydrogen-bond donors (Lipinski definition) is 7. The molecule has 5 amide bonds. The number of unbranched alkanes of at least 4 members (excludes halogenated alkanes) is 1. The second kappa shape index (κ2) is 30.6. The highest BCUT2D eigenvalue weighted by molar-refractivity contribution is 8.00. The maximum Gasteiger partial charge on any atom is 0.247 e. The van der Waals surface area contributed by atoms with E-state index in [1.807, 2.05) is 55.1 Å². The lowest BCUT2D eigenvalue weighted by Crippen LogP contribution is -2.34. The highest BCUT2D eigenvalue weighted by atomic mass is 32.2. The van der Waals surface area contributed by atoms with E-state index >= 15 is 0 Å². The zero-order chi connectivity index (χ0) is 48.2. The fourth-order valence-corrected chi connectivity index (χ4v) is 9.12. The van der Waals surface area contributed by atoms with Gasteiger partial charge in [0.1, 0.15) is 11.6 Å². The Bertz CT molecular complexity index is 2080. The molecule has 68 heavy (non-hydrogen) atoms. The number of aryl methyl sites for hydroxylation is 1. The molecular weight excluding hydrogens is 891 g/mol. The molecule has 370 valence electrons. The van der Waals surface area contributed by atoms with Gasteiger partial charge in [-0.3, -0.25) is 24.0 Å². The number of anilines is 5. The van der Waals surface area contributed by atoms with E-state index in [-0.39, 0.29) is 42.4 Å². The van der Waals surface area contributed by atoms with Crippen LogP contribution in [0.5, 0.6) is 5.75 Å². The molecule has 0 radical (unpaired) electrons. The molecule has 18 nitrogen and oxygen atoms in total. The van der Waals surface area contributed by atoms with Crippen LogP contribution < -0.4 is 42.0 Å². The molecule has 3 atom stereocenters. The lowest BCUT2D eigenvalue weighted by molar-refractivity contribution is -0.123. The Kier molecular flexibility index (Phi) is 23.9. The third-order valence-corrected chi connectivity index (χ3v) is 12.6. The maximum absolute atomic E-state index is 12.3. The first-order valence-corrected chi connectivity index (χ1v) is 24.8. The first-order chi connectivity index (χ1) is 33.1. The van der Waals surface area contributed by atoms with Crippen LogP contribution in [-0.2, 0) is 38.2 Å². The number of fused-ring (bicyclic) bond motifs is 1. The van der Waals surface area contributed by atoms with Gasteiger partial charge in [0.2, 0.25) is 35.5 Å². The van der Waals surface area contributed by atoms with Crippen molar-refractivity contribution in [2.75, 3.05) is 87.6 Å². The largest absolute Gasteiger partial charge is 0.493 e. The Balaban J connectivity index is 0.775. The van der Waals surface area contributed by atoms with Crippen LogP contribution in [-0.4, -0.2) is 122 Å². The number of nitrogens with zero attached hydrogens (tertiary/aromatic N) is 2. The Morgan fingerprint density at radius 3 is 2.03 bits per heavy atom. The molecule has 19 heteroatoms. The number of carbonyl (C=O) groups is 5. The number of ether oxygens (including phenoxy) is 4. The van der Waals surface area contributed by atoms with Crippen molar-refractivity contribution in [1.29, 1.82) is 0 Å². The van der Waals surface area contributed by atoms with E-state index in [1.54, 1.807) is 18.3 Å². The molecule has 5 rings (SSSR count). The van der Waals surface area contributed by atoms with E-state index in [1.165, 1.54) is 6.08 Å². The van der Waals surface area contributed by atoms with E-state index in [4.69, 9.17) is 18.9 Å². The predicted octanol–water partition coefficient (Wildman–Crippen LogP) is 5.70. The molecule has 0 spiro atoms. The van der Waals surface area contributed by atoms with Crippen LogP contribution in [0.1, 0.15) is 76.2 Å². The fourth-order valence-electron chi connectivity index (χ4n) is 7.47. The van der Waals surface area contributed by atoms with Crippen molar-refractivity contribution < 1.29 is 42.9 Å². The summed E-state index contributed by atoms with van der Waals surface area (Å²) in [6.45, 7) is 10.2. The van der Waals surface area contributed by atoms with Gasteiger partial charge in [0.15, 0.2) is 0 Å². The molecule has 7 N–H and O–H groups in total. The summed E-state index contributed by atoms with van der Waals surface area (Å²) in [7, 11) is 0. The number of aromatic nitrogens is 2. The second-order valence-corrected chi connectivity index (χ2v) is 17.9. The van der Waals surface area contributed by atoms with Gasteiger partial charge >= 0.3 is 0 Å². The summed E-state index contributed by atoms with van der Waals surface area (Å²) in [6.07, 6.45) is 10.0. The van der Waals surface area contributed by atoms with Gasteiger partial charge in [-0.05, 0) is 93.5 Å². The molecule has 2 saturated heterocycles. The average molecular weight is 960 g/mol. The van der Waals surface area contributed by atoms with Crippen molar-refractivity contribution >= 4 is 70.1 Å². The molecule has 0 unspecified atom stereocenters. The summed E-state index contributed by atoms with van der Waals surface area (Å²) in [5.41, 5.74) is 2.94. The molecule has 0 saturated carbocycles. The summed E-state index contributed by atoms with van der Waals surface area (Å²) in [4.78, 5) is 69.0. The molecule has 2 aliphatic rings. The zero-order valence-electron chi connectivity index (χ0n) is 39.2. The smallest absolute Gasteiger partial charge is 0.247 e. The minimum absolute atomic E-state index is 0.0741. The Labute approximate surface area is 404 Å². The van der Waals surface area contributed by atoms with Crippen LogP contribution in [0.25, 0.3) is 0 Å². The molecule has 3 aromatic rings. The standard InChI is InChI=1S/C49H69N9O9S/c1-3-42(59)54-37-12-6-13-38(31-37)55-48-35(2)33-53-49(58-48)56-39-14-7-15-40(32-39)67-25-11-22-52-45(62)19-8-18-44(61)51-21-10-24-65-27-29-66-28-26-64-23-9-20-50-43(60)17-5-4-16-41-47-36(34-68-41)30-46(63)57-47/h3,6-7,12-15,31-33,36,41,47H,1,4-5,8-11,16-30,34H2,2H3,(H,50,60)(H,51,61)(H,52,62)(H,54,59)(H,57,63)(H2,53,55,56,58)/t36-,41-,47-/m1/s1. The van der Waals surface area contributed by atoms with Crippen LogP contribution in [0.4, 0.5) is 28.8 Å². The number of amides is 5. The molecule has 3 heterocycles. The Hall–Kier alpha value is -5.76. The lowest BCUT2D eigenvalue weighted by Gasteiger charge is -2.17. The SMILES string of the molecule is C=CC(=O)Nc1cccc(Nc2nc(Nc3cccc(OCCCNC(=O)CCCC(=O)NCCCOCCOCCOCCCNC(=O)CCCC[C@H]4SC[C@H]5CC(=O)N[C@H]54)c3)ncc2C)c1. The summed E-state index contributed by atoms with van der Waals surface area (Å²) in [6, 6.07) is 15.0. The van der Waals surface area contributed by atoms with Crippen molar-refractivity contribution in [3.63, 3.8) is 0 Å². The van der Waals surface area contributed by atoms with E-state index in [0.717, 1.165) is 48.4 Å². The minimum Gasteiger partial charge on any atom is -0.493 e. The van der Waals surface area contributed by atoms with E-state index in [2.05, 4.69) is 53.8 Å². The average Bonchev–Trinajstić information content (AvgIpc) is 3.89. The van der Waals surface area contributed by atoms with Gasteiger partial charge in [-0.2, -0.15) is 16.7 Å². The summed E-state index contributed by atoms with van der Waals surface area (Å²) in [5, 5.41) is 21.6. The van der Waals surface area contributed by atoms with E-state index in [9.17, 15) is 24.0 Å². The summed E-state index contributed by atoms with van der Waals surface area (Å²) < 4.78 is 22.6. The van der Waals surface area contributed by atoms with Gasteiger partial charge in [0.05, 0.1) is 33.0 Å². The van der Waals surface area contributed by atoms with Crippen molar-refractivity contribution in [2.45, 2.75) is 88.8 Å². The predicted molar refractivity (Wildman–Crippen MR) is 264 cm³/mol. The molecule has 1 aromatic heterocycles. The van der Waals surface area contributed by atoms with Crippen LogP contribution in [0, 0.1) is 12.8 Å². The van der Waals surface area contributed by atoms with Gasteiger partial charge in [-0.15, -0.1) is 0 Å². The normalized spacial score (nSPS) is 16.0. The van der Waals surface area contributed by atoms with Crippen LogP contribution in [0.15, 0.2) is 67.4 Å². The number of thioether (sulfide) groups is 1. The highest BCUT2D eigenvalue weighted by Gasteiger charge is 2.42. The number of hydrogen-bond acceptors (Lipinski definition) is 14. The Morgan fingerprint density at radius 1 is 0.750 bits per heavy atom. The summed E-state index contributed by atoms with van der Waals surface area (Å²) >= 11 is 1.96. The van der Waals surface area contributed by atoms with E-state index < -0.39 is 0 Å². The van der Waals surface area contributed by atoms with Gasteiger partial charge in [0, 0.05) is 105 Å². The first kappa shape index (κ1) is 53.2. The molecule has 2 aromatic carbocycles. The lowest BCUT2D eigenvalue weighted by atomic mass is 9.97. The van der Waals surface area contributed by atoms with Gasteiger partial charge in [-0.25, -0.2) is 4.98 Å². The minimum atomic E-state index is -0.295. The summed E-state index contributed by atoms with van der Waals surface area (Å²) in [5.74, 6) is 2.95. The van der Waals surface area contributed by atoms with Crippen LogP contribution in [0.3, 0.4) is 0 Å². The first-order valence-electron chi connectivity index (χ1n) is 23.7. The number of rotatable bonds is 34. The number of benzene rings is 2. The van der Waals surface area contributed by atoms with Crippen molar-refractivity contribution in [3.8, 4) is 5.75 Å². The number of nitrogens with one attached hydrogen (secondary N) is 7. The van der Waals surface area contributed by atoms with Gasteiger partial charge in [0.25, 0.3) is 0 Å². The Morgan fingerprint density at radius 2 is 1.35 bits per heavy atom. The second-order valence-electron chi connectivity index (χ2n) is 16.6. The monoisotopic (exact) mass is 959 g/mol. The van der Waals surface area contributed by atoms with Crippen molar-refractivity contribution in [1.82, 2.24) is 31.2 Å². The maximum atomic E-state index is 12.3. The molecule has 2 fully saturated rings. The number of carbonyl (C=O) groups excluding carboxylic acids is 5. The van der Waals surface area contributed by atoms with Crippen LogP contribution in [0.2, 0.25) is 0 Å². The quantitative estimate of drug-likeness (QED) is 0.0282. The molecule has 2 aliphatic heterocycles. The van der Waals surface area contributed by atoms with Gasteiger partial charge < -0.3 is 56.2 Å². The van der Waals surface area contributed by atoms with E-state index in [0.29, 0.717) is 138 Å². The topological polar surface area (TPSA) is 232 Å². The zero-order valence-corrected chi connectivity index (χ0v) is 40.1.